The van der Waals surface area contributed by atoms with Gasteiger partial charge in [-0.2, -0.15) is 0 Å². The molecule has 1 heterocycles. The van der Waals surface area contributed by atoms with E-state index in [0.717, 1.165) is 24.6 Å². The Morgan fingerprint density at radius 2 is 1.79 bits per heavy atom. The van der Waals surface area contributed by atoms with Crippen LogP contribution in [0.4, 0.5) is 8.78 Å². The van der Waals surface area contributed by atoms with Crippen molar-refractivity contribution in [1.29, 1.82) is 0 Å². The average molecular weight is 415 g/mol. The van der Waals surface area contributed by atoms with Gasteiger partial charge in [0, 0.05) is 18.2 Å². The lowest BCUT2D eigenvalue weighted by atomic mass is 10.2. The molecule has 150 valence electrons. The molecule has 3 aromatic rings. The first kappa shape index (κ1) is 19.4. The number of thioether (sulfide) groups is 1. The lowest BCUT2D eigenvalue weighted by Gasteiger charge is -2.22. The number of amides is 1. The fourth-order valence-electron chi connectivity index (χ4n) is 3.03. The summed E-state index contributed by atoms with van der Waals surface area (Å²) in [5.41, 5.74) is 0.724. The van der Waals surface area contributed by atoms with Gasteiger partial charge >= 0.3 is 0 Å². The number of nitrogen functional groups attached to an aromatic ring is 1. The van der Waals surface area contributed by atoms with Gasteiger partial charge < -0.3 is 10.7 Å². The quantitative estimate of drug-likeness (QED) is 0.474. The first-order valence-electron chi connectivity index (χ1n) is 9.15. The highest BCUT2D eigenvalue weighted by Gasteiger charge is 2.33. The summed E-state index contributed by atoms with van der Waals surface area (Å²) >= 11 is 1.12. The first-order chi connectivity index (χ1) is 14.0. The first-order valence-corrected chi connectivity index (χ1v) is 10.1. The van der Waals surface area contributed by atoms with E-state index in [4.69, 9.17) is 5.84 Å². The van der Waals surface area contributed by atoms with Crippen molar-refractivity contribution in [2.75, 3.05) is 11.6 Å². The minimum Gasteiger partial charge on any atom is -0.335 e. The molecular formula is C20H19F2N5OS. The number of carbonyl (C=O) groups excluding carboxylic acids is 1. The van der Waals surface area contributed by atoms with Gasteiger partial charge in [-0.3, -0.25) is 4.79 Å². The molecule has 29 heavy (non-hydrogen) atoms. The van der Waals surface area contributed by atoms with Gasteiger partial charge in [-0.05, 0) is 31.0 Å². The Morgan fingerprint density at radius 3 is 2.48 bits per heavy atom. The number of carbonyl (C=O) groups is 1. The Hall–Kier alpha value is -2.94. The van der Waals surface area contributed by atoms with Gasteiger partial charge in [0.2, 0.25) is 11.1 Å². The normalized spacial score (nSPS) is 13.4. The topological polar surface area (TPSA) is 77.0 Å². The van der Waals surface area contributed by atoms with E-state index in [9.17, 15) is 13.6 Å². The minimum absolute atomic E-state index is 0.0809. The molecule has 0 bridgehead atoms. The molecule has 9 heteroatoms. The van der Waals surface area contributed by atoms with E-state index in [1.165, 1.54) is 16.8 Å². The molecule has 0 saturated heterocycles. The van der Waals surface area contributed by atoms with E-state index >= 15 is 0 Å². The van der Waals surface area contributed by atoms with Crippen molar-refractivity contribution in [2.24, 2.45) is 0 Å². The number of benzene rings is 2. The van der Waals surface area contributed by atoms with Crippen molar-refractivity contribution in [3.8, 4) is 11.4 Å². The second kappa shape index (κ2) is 8.20. The van der Waals surface area contributed by atoms with Crippen LogP contribution in [0.5, 0.6) is 0 Å². The second-order valence-corrected chi connectivity index (χ2v) is 7.73. The number of halogens is 2. The van der Waals surface area contributed by atoms with Gasteiger partial charge in [0.25, 0.3) is 0 Å². The average Bonchev–Trinajstić information content (AvgIpc) is 3.49. The second-order valence-electron chi connectivity index (χ2n) is 6.79. The smallest absolute Gasteiger partial charge is 0.233 e. The SMILES string of the molecule is Nn1c(SCC(=O)N(Cc2ccccc2F)C2CC2)nnc1-c1ccccc1F. The maximum Gasteiger partial charge on any atom is 0.233 e. The van der Waals surface area contributed by atoms with Crippen LogP contribution < -0.4 is 5.84 Å². The summed E-state index contributed by atoms with van der Waals surface area (Å²) in [6.45, 7) is 0.229. The van der Waals surface area contributed by atoms with Crippen molar-refractivity contribution in [3.05, 3.63) is 65.7 Å². The van der Waals surface area contributed by atoms with E-state index in [0.29, 0.717) is 10.7 Å². The van der Waals surface area contributed by atoms with Crippen molar-refractivity contribution in [3.63, 3.8) is 0 Å². The molecule has 4 rings (SSSR count). The maximum absolute atomic E-state index is 14.0. The molecule has 1 fully saturated rings. The third-order valence-electron chi connectivity index (χ3n) is 4.71. The molecule has 2 aromatic carbocycles. The molecule has 1 aliphatic carbocycles. The molecule has 2 N–H and O–H groups in total. The van der Waals surface area contributed by atoms with Crippen LogP contribution in [0.2, 0.25) is 0 Å². The van der Waals surface area contributed by atoms with Gasteiger partial charge in [-0.1, -0.05) is 42.1 Å². The number of hydrogen-bond acceptors (Lipinski definition) is 5. The highest BCUT2D eigenvalue weighted by molar-refractivity contribution is 7.99. The molecule has 1 aliphatic rings. The van der Waals surface area contributed by atoms with Gasteiger partial charge in [-0.15, -0.1) is 10.2 Å². The Kier molecular flexibility index (Phi) is 5.48. The van der Waals surface area contributed by atoms with Crippen LogP contribution in [0.3, 0.4) is 0 Å². The number of hydrogen-bond donors (Lipinski definition) is 1. The summed E-state index contributed by atoms with van der Waals surface area (Å²) in [7, 11) is 0. The number of aromatic nitrogens is 3. The predicted octanol–water partition coefficient (Wildman–Crippen LogP) is 3.22. The molecule has 6 nitrogen and oxygen atoms in total. The zero-order valence-corrected chi connectivity index (χ0v) is 16.3. The fourth-order valence-corrected chi connectivity index (χ4v) is 3.77. The lowest BCUT2D eigenvalue weighted by molar-refractivity contribution is -0.129. The summed E-state index contributed by atoms with van der Waals surface area (Å²) in [5, 5.41) is 8.23. The summed E-state index contributed by atoms with van der Waals surface area (Å²) in [5.74, 6) is 5.37. The zero-order chi connectivity index (χ0) is 20.4. The van der Waals surface area contributed by atoms with Crippen LogP contribution in [-0.4, -0.2) is 37.5 Å². The van der Waals surface area contributed by atoms with Crippen molar-refractivity contribution >= 4 is 17.7 Å². The van der Waals surface area contributed by atoms with Gasteiger partial charge in [-0.25, -0.2) is 13.5 Å². The zero-order valence-electron chi connectivity index (χ0n) is 15.5. The van der Waals surface area contributed by atoms with E-state index in [1.54, 1.807) is 41.3 Å². The third kappa shape index (κ3) is 4.24. The molecule has 1 amide bonds. The molecule has 0 aliphatic heterocycles. The fraction of sp³-hybridized carbons (Fsp3) is 0.250. The highest BCUT2D eigenvalue weighted by Crippen LogP contribution is 2.30. The summed E-state index contributed by atoms with van der Waals surface area (Å²) < 4.78 is 29.1. The Morgan fingerprint density at radius 1 is 1.10 bits per heavy atom. The molecule has 0 radical (unpaired) electrons. The Bertz CT molecular complexity index is 1040. The minimum atomic E-state index is -0.455. The largest absolute Gasteiger partial charge is 0.335 e. The van der Waals surface area contributed by atoms with Crippen LogP contribution in [0, 0.1) is 11.6 Å². The lowest BCUT2D eigenvalue weighted by Crippen LogP contribution is -2.34. The summed E-state index contributed by atoms with van der Waals surface area (Å²) in [6.07, 6.45) is 1.82. The van der Waals surface area contributed by atoms with Crippen LogP contribution in [0.15, 0.2) is 53.7 Å². The van der Waals surface area contributed by atoms with E-state index in [-0.39, 0.29) is 41.5 Å². The molecule has 0 spiro atoms. The maximum atomic E-state index is 14.0. The number of nitrogens with two attached hydrogens (primary N) is 1. The molecular weight excluding hydrogens is 396 g/mol. The van der Waals surface area contributed by atoms with Crippen molar-refractivity contribution in [2.45, 2.75) is 30.6 Å². The van der Waals surface area contributed by atoms with E-state index < -0.39 is 5.82 Å². The predicted molar refractivity (Wildman–Crippen MR) is 106 cm³/mol. The van der Waals surface area contributed by atoms with Crippen molar-refractivity contribution < 1.29 is 13.6 Å². The van der Waals surface area contributed by atoms with Crippen LogP contribution >= 0.6 is 11.8 Å². The van der Waals surface area contributed by atoms with Crippen LogP contribution in [0.25, 0.3) is 11.4 Å². The third-order valence-corrected chi connectivity index (χ3v) is 5.64. The Balaban J connectivity index is 1.45. The highest BCUT2D eigenvalue weighted by atomic mass is 32.2. The number of rotatable bonds is 7. The summed E-state index contributed by atoms with van der Waals surface area (Å²) in [6, 6.07) is 12.7. The number of nitrogens with zero attached hydrogens (tertiary/aromatic N) is 4. The van der Waals surface area contributed by atoms with E-state index in [2.05, 4.69) is 10.2 Å². The Labute approximate surface area is 170 Å². The van der Waals surface area contributed by atoms with E-state index in [1.807, 2.05) is 0 Å². The van der Waals surface area contributed by atoms with Crippen molar-refractivity contribution in [1.82, 2.24) is 19.8 Å². The monoisotopic (exact) mass is 415 g/mol. The summed E-state index contributed by atoms with van der Waals surface area (Å²) in [4.78, 5) is 14.5. The van der Waals surface area contributed by atoms with Crippen LogP contribution in [0.1, 0.15) is 18.4 Å². The molecule has 1 aromatic heterocycles. The molecule has 0 unspecified atom stereocenters. The van der Waals surface area contributed by atoms with Gasteiger partial charge in [0.05, 0.1) is 11.3 Å². The van der Waals surface area contributed by atoms with Gasteiger partial charge in [0.15, 0.2) is 5.82 Å². The molecule has 1 saturated carbocycles. The standard InChI is InChI=1S/C20H19F2N5OS/c21-16-7-3-1-5-13(16)11-26(14-9-10-14)18(28)12-29-20-25-24-19(27(20)23)15-6-2-4-8-17(15)22/h1-8,14H,9-12,23H2. The van der Waals surface area contributed by atoms with Gasteiger partial charge in [0.1, 0.15) is 11.6 Å². The molecule has 0 atom stereocenters. The van der Waals surface area contributed by atoms with Crippen LogP contribution in [-0.2, 0) is 11.3 Å².